The fourth-order valence-corrected chi connectivity index (χ4v) is 2.44. The molecule has 2 heteroatoms. The standard InChI is InChI=1S/C13H16O2/c1-12(2)11(15)9-6-4-5-7-10(9)13(12,3)8-14/h4-8,11,15H,1-3H3/t11-,13+/m0/s1. The molecule has 0 heterocycles. The quantitative estimate of drug-likeness (QED) is 0.712. The predicted octanol–water partition coefficient (Wildman–Crippen LogP) is 2.22. The van der Waals surface area contributed by atoms with Crippen LogP contribution in [0.5, 0.6) is 0 Å². The zero-order valence-corrected chi connectivity index (χ0v) is 9.32. The predicted molar refractivity (Wildman–Crippen MR) is 58.6 cm³/mol. The van der Waals surface area contributed by atoms with Crippen molar-refractivity contribution in [2.24, 2.45) is 5.41 Å². The van der Waals surface area contributed by atoms with E-state index in [0.29, 0.717) is 0 Å². The first-order chi connectivity index (χ1) is 6.95. The minimum Gasteiger partial charge on any atom is -0.388 e. The van der Waals surface area contributed by atoms with Crippen LogP contribution in [0.25, 0.3) is 0 Å². The molecule has 0 aliphatic heterocycles. The molecule has 80 valence electrons. The molecule has 2 rings (SSSR count). The second-order valence-corrected chi connectivity index (χ2v) is 5.03. The molecule has 0 saturated carbocycles. The molecule has 0 spiro atoms. The minimum atomic E-state index is -0.594. The zero-order chi connectivity index (χ0) is 11.3. The molecule has 15 heavy (non-hydrogen) atoms. The number of hydrogen-bond acceptors (Lipinski definition) is 2. The van der Waals surface area contributed by atoms with Crippen molar-refractivity contribution in [3.05, 3.63) is 35.4 Å². The van der Waals surface area contributed by atoms with E-state index in [1.165, 1.54) is 0 Å². The first-order valence-electron chi connectivity index (χ1n) is 5.19. The molecular formula is C13H16O2. The summed E-state index contributed by atoms with van der Waals surface area (Å²) in [6.45, 7) is 5.77. The van der Waals surface area contributed by atoms with E-state index >= 15 is 0 Å². The number of hydrogen-bond donors (Lipinski definition) is 1. The number of benzene rings is 1. The van der Waals surface area contributed by atoms with Crippen molar-refractivity contribution >= 4 is 6.29 Å². The fraction of sp³-hybridized carbons (Fsp3) is 0.462. The summed E-state index contributed by atoms with van der Waals surface area (Å²) in [7, 11) is 0. The van der Waals surface area contributed by atoms with E-state index < -0.39 is 16.9 Å². The molecular weight excluding hydrogens is 188 g/mol. The summed E-state index contributed by atoms with van der Waals surface area (Å²) < 4.78 is 0. The topological polar surface area (TPSA) is 37.3 Å². The molecule has 1 aromatic carbocycles. The van der Waals surface area contributed by atoms with E-state index in [1.807, 2.05) is 45.0 Å². The van der Waals surface area contributed by atoms with Gasteiger partial charge in [0, 0.05) is 5.41 Å². The molecule has 0 aromatic heterocycles. The van der Waals surface area contributed by atoms with E-state index in [4.69, 9.17) is 0 Å². The highest BCUT2D eigenvalue weighted by atomic mass is 16.3. The Bertz CT molecular complexity index is 409. The van der Waals surface area contributed by atoms with Crippen molar-refractivity contribution in [1.29, 1.82) is 0 Å². The maximum Gasteiger partial charge on any atom is 0.130 e. The average molecular weight is 204 g/mol. The maximum absolute atomic E-state index is 11.3. The summed E-state index contributed by atoms with van der Waals surface area (Å²) in [5, 5.41) is 10.2. The van der Waals surface area contributed by atoms with E-state index in [1.54, 1.807) is 0 Å². The van der Waals surface area contributed by atoms with Gasteiger partial charge in [-0.15, -0.1) is 0 Å². The molecule has 0 fully saturated rings. The number of carbonyl (C=O) groups is 1. The third-order valence-corrected chi connectivity index (χ3v) is 4.07. The summed E-state index contributed by atoms with van der Waals surface area (Å²) in [6.07, 6.45) is 0.395. The fourth-order valence-electron chi connectivity index (χ4n) is 2.44. The first kappa shape index (κ1) is 10.4. The lowest BCUT2D eigenvalue weighted by atomic mass is 9.67. The van der Waals surface area contributed by atoms with Gasteiger partial charge in [-0.1, -0.05) is 38.1 Å². The van der Waals surface area contributed by atoms with Gasteiger partial charge in [-0.3, -0.25) is 0 Å². The highest BCUT2D eigenvalue weighted by molar-refractivity contribution is 5.73. The lowest BCUT2D eigenvalue weighted by Crippen LogP contribution is -2.38. The molecule has 1 aliphatic carbocycles. The number of aliphatic hydroxyl groups is 1. The van der Waals surface area contributed by atoms with Crippen LogP contribution in [0.3, 0.4) is 0 Å². The van der Waals surface area contributed by atoms with Gasteiger partial charge >= 0.3 is 0 Å². The smallest absolute Gasteiger partial charge is 0.130 e. The second-order valence-electron chi connectivity index (χ2n) is 5.03. The molecule has 2 atom stereocenters. The van der Waals surface area contributed by atoms with Crippen molar-refractivity contribution in [1.82, 2.24) is 0 Å². The van der Waals surface area contributed by atoms with Crippen LogP contribution < -0.4 is 0 Å². The van der Waals surface area contributed by atoms with Crippen LogP contribution in [-0.2, 0) is 10.2 Å². The second kappa shape index (κ2) is 2.92. The number of aldehydes is 1. The number of rotatable bonds is 1. The van der Waals surface area contributed by atoms with Gasteiger partial charge in [0.25, 0.3) is 0 Å². The average Bonchev–Trinajstić information content (AvgIpc) is 2.40. The Balaban J connectivity index is 2.72. The summed E-state index contributed by atoms with van der Waals surface area (Å²) >= 11 is 0. The molecule has 0 radical (unpaired) electrons. The molecule has 0 unspecified atom stereocenters. The molecule has 0 saturated heterocycles. The lowest BCUT2D eigenvalue weighted by molar-refractivity contribution is -0.118. The molecule has 1 N–H and O–H groups in total. The Morgan fingerprint density at radius 2 is 1.87 bits per heavy atom. The largest absolute Gasteiger partial charge is 0.388 e. The van der Waals surface area contributed by atoms with Crippen LogP contribution in [0.1, 0.15) is 38.0 Å². The van der Waals surface area contributed by atoms with Crippen LogP contribution in [0.2, 0.25) is 0 Å². The molecule has 2 nitrogen and oxygen atoms in total. The highest BCUT2D eigenvalue weighted by Gasteiger charge is 2.54. The summed E-state index contributed by atoms with van der Waals surface area (Å²) in [4.78, 5) is 11.3. The van der Waals surface area contributed by atoms with Crippen molar-refractivity contribution in [2.45, 2.75) is 32.3 Å². The van der Waals surface area contributed by atoms with Crippen molar-refractivity contribution in [2.75, 3.05) is 0 Å². The minimum absolute atomic E-state index is 0.446. The normalized spacial score (nSPS) is 32.4. The van der Waals surface area contributed by atoms with E-state index in [-0.39, 0.29) is 0 Å². The van der Waals surface area contributed by atoms with E-state index in [0.717, 1.165) is 17.4 Å². The number of aliphatic hydroxyl groups excluding tert-OH is 1. The Labute approximate surface area is 89.9 Å². The molecule has 0 amide bonds. The lowest BCUT2D eigenvalue weighted by Gasteiger charge is -2.36. The summed E-state index contributed by atoms with van der Waals surface area (Å²) in [6, 6.07) is 7.64. The number of carbonyl (C=O) groups excluding carboxylic acids is 1. The van der Waals surface area contributed by atoms with Gasteiger partial charge in [0.15, 0.2) is 0 Å². The van der Waals surface area contributed by atoms with Gasteiger partial charge in [0.2, 0.25) is 0 Å². The molecule has 1 aromatic rings. The summed E-state index contributed by atoms with van der Waals surface area (Å²) in [5.74, 6) is 0. The van der Waals surface area contributed by atoms with Gasteiger partial charge in [0.1, 0.15) is 6.29 Å². The molecule has 0 bridgehead atoms. The van der Waals surface area contributed by atoms with Crippen LogP contribution in [-0.4, -0.2) is 11.4 Å². The monoisotopic (exact) mass is 204 g/mol. The maximum atomic E-state index is 11.3. The Morgan fingerprint density at radius 3 is 2.47 bits per heavy atom. The van der Waals surface area contributed by atoms with E-state index in [9.17, 15) is 9.90 Å². The Kier molecular flexibility index (Phi) is 2.02. The van der Waals surface area contributed by atoms with Gasteiger partial charge in [-0.2, -0.15) is 0 Å². The van der Waals surface area contributed by atoms with Crippen molar-refractivity contribution < 1.29 is 9.90 Å². The van der Waals surface area contributed by atoms with Gasteiger partial charge < -0.3 is 9.90 Å². The zero-order valence-electron chi connectivity index (χ0n) is 9.32. The molecule has 1 aliphatic rings. The van der Waals surface area contributed by atoms with Crippen LogP contribution in [0.4, 0.5) is 0 Å². The third kappa shape index (κ3) is 1.06. The highest BCUT2D eigenvalue weighted by Crippen LogP contribution is 2.56. The van der Waals surface area contributed by atoms with Gasteiger partial charge in [0.05, 0.1) is 11.5 Å². The van der Waals surface area contributed by atoms with Gasteiger partial charge in [-0.05, 0) is 18.1 Å². The van der Waals surface area contributed by atoms with Gasteiger partial charge in [-0.25, -0.2) is 0 Å². The van der Waals surface area contributed by atoms with Crippen LogP contribution >= 0.6 is 0 Å². The third-order valence-electron chi connectivity index (χ3n) is 4.07. The van der Waals surface area contributed by atoms with Crippen LogP contribution in [0, 0.1) is 5.41 Å². The van der Waals surface area contributed by atoms with Crippen LogP contribution in [0.15, 0.2) is 24.3 Å². The van der Waals surface area contributed by atoms with Crippen molar-refractivity contribution in [3.8, 4) is 0 Å². The number of fused-ring (bicyclic) bond motifs is 1. The summed E-state index contributed by atoms with van der Waals surface area (Å²) in [5.41, 5.74) is 0.802. The SMILES string of the molecule is CC1(C)[C@@H](O)c2ccccc2[C@@]1(C)C=O. The first-order valence-corrected chi connectivity index (χ1v) is 5.19. The van der Waals surface area contributed by atoms with E-state index in [2.05, 4.69) is 0 Å². The Hall–Kier alpha value is -1.15. The van der Waals surface area contributed by atoms with Crippen molar-refractivity contribution in [3.63, 3.8) is 0 Å². The Morgan fingerprint density at radius 1 is 1.27 bits per heavy atom.